The van der Waals surface area contributed by atoms with Crippen molar-refractivity contribution in [2.24, 2.45) is 0 Å². The van der Waals surface area contributed by atoms with Crippen LogP contribution in [-0.2, 0) is 10.0 Å². The van der Waals surface area contributed by atoms with Gasteiger partial charge in [0.2, 0.25) is 10.0 Å². The van der Waals surface area contributed by atoms with Gasteiger partial charge in [0.15, 0.2) is 0 Å². The fraction of sp³-hybridized carbons (Fsp3) is 0.357. The topological polar surface area (TPSA) is 82.0 Å². The normalized spacial score (nSPS) is 15.5. The third-order valence-corrected chi connectivity index (χ3v) is 4.80. The van der Waals surface area contributed by atoms with Crippen molar-refractivity contribution in [2.45, 2.75) is 18.2 Å². The number of aryl methyl sites for hydroxylation is 1. The van der Waals surface area contributed by atoms with E-state index in [1.165, 1.54) is 12.1 Å². The van der Waals surface area contributed by atoms with Gasteiger partial charge in [0, 0.05) is 13.1 Å². The molecule has 0 saturated carbocycles. The van der Waals surface area contributed by atoms with E-state index in [-0.39, 0.29) is 4.90 Å². The van der Waals surface area contributed by atoms with Crippen molar-refractivity contribution in [3.8, 4) is 6.07 Å². The standard InChI is InChI=1S/C14H17N3O2S/c1-11-8-13(9-15)2-3-14(11)20(18,19)17-10-12-4-6-16-7-5-12/h2-4,8,16-17H,5-7,10H2,1H3. The van der Waals surface area contributed by atoms with E-state index < -0.39 is 10.0 Å². The number of nitrogens with zero attached hydrogens (tertiary/aromatic N) is 1. The molecule has 20 heavy (non-hydrogen) atoms. The summed E-state index contributed by atoms with van der Waals surface area (Å²) in [7, 11) is -3.54. The molecule has 0 saturated heterocycles. The van der Waals surface area contributed by atoms with Crippen LogP contribution in [-0.4, -0.2) is 28.1 Å². The molecule has 1 aromatic rings. The van der Waals surface area contributed by atoms with Crippen LogP contribution in [0.2, 0.25) is 0 Å². The SMILES string of the molecule is Cc1cc(C#N)ccc1S(=O)(=O)NCC1=CCNCC1. The van der Waals surface area contributed by atoms with E-state index in [2.05, 4.69) is 10.0 Å². The highest BCUT2D eigenvalue weighted by atomic mass is 32.2. The summed E-state index contributed by atoms with van der Waals surface area (Å²) in [5.41, 5.74) is 2.14. The Labute approximate surface area is 119 Å². The van der Waals surface area contributed by atoms with E-state index in [9.17, 15) is 8.42 Å². The lowest BCUT2D eigenvalue weighted by molar-refractivity contribution is 0.581. The molecule has 2 rings (SSSR count). The first-order valence-corrected chi connectivity index (χ1v) is 7.90. The van der Waals surface area contributed by atoms with Gasteiger partial charge in [-0.25, -0.2) is 13.1 Å². The van der Waals surface area contributed by atoms with Crippen molar-refractivity contribution >= 4 is 10.0 Å². The fourth-order valence-corrected chi connectivity index (χ4v) is 3.38. The van der Waals surface area contributed by atoms with Gasteiger partial charge in [0.1, 0.15) is 0 Å². The van der Waals surface area contributed by atoms with Gasteiger partial charge >= 0.3 is 0 Å². The largest absolute Gasteiger partial charge is 0.313 e. The molecule has 5 nitrogen and oxygen atoms in total. The van der Waals surface area contributed by atoms with Crippen molar-refractivity contribution in [1.82, 2.24) is 10.0 Å². The number of rotatable bonds is 4. The monoisotopic (exact) mass is 291 g/mol. The molecule has 0 fully saturated rings. The summed E-state index contributed by atoms with van der Waals surface area (Å²) in [5, 5.41) is 12.0. The summed E-state index contributed by atoms with van der Waals surface area (Å²) in [6.07, 6.45) is 2.87. The Hall–Kier alpha value is -1.68. The van der Waals surface area contributed by atoms with Gasteiger partial charge in [-0.15, -0.1) is 0 Å². The summed E-state index contributed by atoms with van der Waals surface area (Å²) >= 11 is 0. The predicted octanol–water partition coefficient (Wildman–Crippen LogP) is 1.06. The third kappa shape index (κ3) is 3.45. The lowest BCUT2D eigenvalue weighted by atomic mass is 10.1. The Morgan fingerprint density at radius 3 is 2.85 bits per heavy atom. The van der Waals surface area contributed by atoms with E-state index in [0.717, 1.165) is 25.1 Å². The zero-order valence-corrected chi connectivity index (χ0v) is 12.1. The van der Waals surface area contributed by atoms with Crippen LogP contribution in [0.3, 0.4) is 0 Å². The molecule has 1 aliphatic heterocycles. The van der Waals surface area contributed by atoms with Crippen LogP contribution >= 0.6 is 0 Å². The zero-order chi connectivity index (χ0) is 14.6. The van der Waals surface area contributed by atoms with Crippen LogP contribution in [0.4, 0.5) is 0 Å². The molecule has 0 unspecified atom stereocenters. The molecule has 0 atom stereocenters. The van der Waals surface area contributed by atoms with Crippen molar-refractivity contribution < 1.29 is 8.42 Å². The molecule has 0 aromatic heterocycles. The van der Waals surface area contributed by atoms with Crippen molar-refractivity contribution in [2.75, 3.05) is 19.6 Å². The molecule has 106 valence electrons. The van der Waals surface area contributed by atoms with Gasteiger partial charge in [-0.3, -0.25) is 0 Å². The molecule has 0 aliphatic carbocycles. The summed E-state index contributed by atoms with van der Waals surface area (Å²) < 4.78 is 27.1. The molecule has 0 amide bonds. The molecular weight excluding hydrogens is 274 g/mol. The predicted molar refractivity (Wildman–Crippen MR) is 76.7 cm³/mol. The summed E-state index contributed by atoms with van der Waals surface area (Å²) in [6.45, 7) is 3.69. The second kappa shape index (κ2) is 6.18. The Balaban J connectivity index is 2.14. The van der Waals surface area contributed by atoms with Gasteiger partial charge in [0.25, 0.3) is 0 Å². The van der Waals surface area contributed by atoms with E-state index >= 15 is 0 Å². The minimum absolute atomic E-state index is 0.228. The maximum Gasteiger partial charge on any atom is 0.241 e. The highest BCUT2D eigenvalue weighted by Crippen LogP contribution is 2.16. The average molecular weight is 291 g/mol. The molecule has 1 aromatic carbocycles. The lowest BCUT2D eigenvalue weighted by Gasteiger charge is -2.15. The minimum atomic E-state index is -3.54. The molecule has 6 heteroatoms. The molecule has 1 aliphatic rings. The Kier molecular flexibility index (Phi) is 4.55. The molecule has 0 bridgehead atoms. The maximum absolute atomic E-state index is 12.3. The van der Waals surface area contributed by atoms with Gasteiger partial charge in [-0.2, -0.15) is 5.26 Å². The average Bonchev–Trinajstić information content (AvgIpc) is 2.46. The first-order valence-electron chi connectivity index (χ1n) is 6.42. The van der Waals surface area contributed by atoms with Crippen molar-refractivity contribution in [1.29, 1.82) is 5.26 Å². The van der Waals surface area contributed by atoms with Crippen LogP contribution in [0.25, 0.3) is 0 Å². The van der Waals surface area contributed by atoms with Gasteiger partial charge in [0.05, 0.1) is 16.5 Å². The number of hydrogen-bond acceptors (Lipinski definition) is 4. The highest BCUT2D eigenvalue weighted by molar-refractivity contribution is 7.89. The zero-order valence-electron chi connectivity index (χ0n) is 11.3. The molecule has 0 radical (unpaired) electrons. The van der Waals surface area contributed by atoms with Crippen LogP contribution < -0.4 is 10.0 Å². The van der Waals surface area contributed by atoms with Gasteiger partial charge < -0.3 is 5.32 Å². The van der Waals surface area contributed by atoms with Crippen LogP contribution in [0.15, 0.2) is 34.7 Å². The maximum atomic E-state index is 12.3. The lowest BCUT2D eigenvalue weighted by Crippen LogP contribution is -2.30. The Bertz CT molecular complexity index is 672. The van der Waals surface area contributed by atoms with Crippen LogP contribution in [0.5, 0.6) is 0 Å². The first kappa shape index (κ1) is 14.7. The first-order chi connectivity index (χ1) is 9.53. The van der Waals surface area contributed by atoms with E-state index in [0.29, 0.717) is 17.7 Å². The molecule has 0 spiro atoms. The molecule has 1 heterocycles. The number of sulfonamides is 1. The van der Waals surface area contributed by atoms with Crippen molar-refractivity contribution in [3.63, 3.8) is 0 Å². The number of nitrogens with one attached hydrogen (secondary N) is 2. The summed E-state index contributed by atoms with van der Waals surface area (Å²) in [4.78, 5) is 0.228. The molecular formula is C14H17N3O2S. The van der Waals surface area contributed by atoms with Crippen LogP contribution in [0, 0.1) is 18.3 Å². The second-order valence-electron chi connectivity index (χ2n) is 4.73. The van der Waals surface area contributed by atoms with E-state index in [4.69, 9.17) is 5.26 Å². The van der Waals surface area contributed by atoms with Gasteiger partial charge in [-0.05, 0) is 43.7 Å². The Morgan fingerprint density at radius 1 is 1.45 bits per heavy atom. The van der Waals surface area contributed by atoms with E-state index in [1.807, 2.05) is 12.1 Å². The minimum Gasteiger partial charge on any atom is -0.313 e. The summed E-state index contributed by atoms with van der Waals surface area (Å²) in [5.74, 6) is 0. The quantitative estimate of drug-likeness (QED) is 0.813. The Morgan fingerprint density at radius 2 is 2.25 bits per heavy atom. The number of nitriles is 1. The third-order valence-electron chi connectivity index (χ3n) is 3.24. The smallest absolute Gasteiger partial charge is 0.241 e. The van der Waals surface area contributed by atoms with Crippen LogP contribution in [0.1, 0.15) is 17.5 Å². The molecule has 2 N–H and O–H groups in total. The second-order valence-corrected chi connectivity index (χ2v) is 6.47. The number of benzene rings is 1. The van der Waals surface area contributed by atoms with E-state index in [1.54, 1.807) is 13.0 Å². The highest BCUT2D eigenvalue weighted by Gasteiger charge is 2.17. The van der Waals surface area contributed by atoms with Gasteiger partial charge in [-0.1, -0.05) is 11.6 Å². The fourth-order valence-electron chi connectivity index (χ4n) is 2.12. The number of hydrogen-bond donors (Lipinski definition) is 2. The summed E-state index contributed by atoms with van der Waals surface area (Å²) in [6, 6.07) is 6.58. The van der Waals surface area contributed by atoms with Crippen molar-refractivity contribution in [3.05, 3.63) is 41.0 Å².